The summed E-state index contributed by atoms with van der Waals surface area (Å²) in [5, 5.41) is 30.2. The van der Waals surface area contributed by atoms with Crippen LogP contribution in [0.15, 0.2) is 0 Å². The third kappa shape index (κ3) is 2.12. The first-order valence-electron chi connectivity index (χ1n) is 5.27. The number of hydrogen-bond acceptors (Lipinski definition) is 6. The van der Waals surface area contributed by atoms with Crippen molar-refractivity contribution in [1.29, 1.82) is 0 Å². The maximum atomic E-state index is 11.5. The van der Waals surface area contributed by atoms with Crippen LogP contribution in [-0.2, 0) is 9.53 Å². The lowest BCUT2D eigenvalue weighted by atomic mass is 10.1. The number of carbonyl (C=O) groups excluding carboxylic acids is 2. The van der Waals surface area contributed by atoms with Crippen molar-refractivity contribution in [2.75, 3.05) is 13.2 Å². The molecule has 2 saturated heterocycles. The van der Waals surface area contributed by atoms with Gasteiger partial charge in [-0.3, -0.25) is 15.0 Å². The lowest BCUT2D eigenvalue weighted by Crippen LogP contribution is -2.56. The van der Waals surface area contributed by atoms with Crippen LogP contribution in [0.5, 0.6) is 0 Å². The number of ether oxygens (including phenoxy) is 1. The minimum Gasteiger partial charge on any atom is -0.394 e. The normalized spacial score (nSPS) is 38.4. The number of urea groups is 1. The number of hydrogen-bond donors (Lipinski definition) is 4. The molecule has 0 aromatic carbocycles. The van der Waals surface area contributed by atoms with Gasteiger partial charge in [-0.2, -0.15) is 0 Å². The molecule has 0 saturated carbocycles. The van der Waals surface area contributed by atoms with Crippen LogP contribution < -0.4 is 5.32 Å². The van der Waals surface area contributed by atoms with E-state index < -0.39 is 43.1 Å². The first-order chi connectivity index (χ1) is 8.04. The molecule has 2 fully saturated rings. The van der Waals surface area contributed by atoms with E-state index in [9.17, 15) is 19.8 Å². The van der Waals surface area contributed by atoms with Crippen molar-refractivity contribution in [3.8, 4) is 0 Å². The average Bonchev–Trinajstić information content (AvgIpc) is 2.57. The topological polar surface area (TPSA) is 119 Å². The van der Waals surface area contributed by atoms with Gasteiger partial charge in [0.15, 0.2) is 6.23 Å². The highest BCUT2D eigenvalue weighted by atomic mass is 16.6. The van der Waals surface area contributed by atoms with E-state index in [1.165, 1.54) is 0 Å². The summed E-state index contributed by atoms with van der Waals surface area (Å²) in [5.74, 6) is -0.391. The first-order valence-corrected chi connectivity index (χ1v) is 5.27. The molecule has 3 amide bonds. The third-order valence-corrected chi connectivity index (χ3v) is 2.91. The minimum absolute atomic E-state index is 0.108. The second kappa shape index (κ2) is 4.57. The zero-order chi connectivity index (χ0) is 12.6. The molecule has 0 aromatic rings. The zero-order valence-electron chi connectivity index (χ0n) is 8.94. The molecule has 4 atom stereocenters. The standard InChI is InChI=1S/C9H14N2O6/c12-3-4-6(14)7(15)8(17-4)11-2-1-5(13)10-9(11)16/h4,6-8,12,14-15H,1-3H2,(H,10,13,16)/t4-,6-,7+,8+/m1/s1. The predicted molar refractivity (Wildman–Crippen MR) is 52.6 cm³/mol. The number of imide groups is 1. The third-order valence-electron chi connectivity index (χ3n) is 2.91. The van der Waals surface area contributed by atoms with Crippen molar-refractivity contribution in [2.24, 2.45) is 0 Å². The van der Waals surface area contributed by atoms with Crippen LogP contribution in [0.25, 0.3) is 0 Å². The molecule has 0 aromatic heterocycles. The molecular weight excluding hydrogens is 232 g/mol. The van der Waals surface area contributed by atoms with Gasteiger partial charge >= 0.3 is 6.03 Å². The molecule has 0 aliphatic carbocycles. The number of aliphatic hydroxyl groups excluding tert-OH is 3. The first kappa shape index (κ1) is 12.2. The Morgan fingerprint density at radius 2 is 2.06 bits per heavy atom. The fourth-order valence-electron chi connectivity index (χ4n) is 1.96. The summed E-state index contributed by atoms with van der Waals surface area (Å²) in [6.07, 6.45) is -4.42. The van der Waals surface area contributed by atoms with E-state index in [2.05, 4.69) is 5.32 Å². The van der Waals surface area contributed by atoms with Gasteiger partial charge in [0, 0.05) is 13.0 Å². The van der Waals surface area contributed by atoms with E-state index >= 15 is 0 Å². The molecule has 0 unspecified atom stereocenters. The van der Waals surface area contributed by atoms with E-state index in [1.54, 1.807) is 0 Å². The predicted octanol–water partition coefficient (Wildman–Crippen LogP) is -2.63. The van der Waals surface area contributed by atoms with Crippen molar-refractivity contribution >= 4 is 11.9 Å². The number of amides is 3. The van der Waals surface area contributed by atoms with Gasteiger partial charge in [-0.05, 0) is 0 Å². The fourth-order valence-corrected chi connectivity index (χ4v) is 1.96. The Balaban J connectivity index is 2.08. The Hall–Kier alpha value is -1.22. The largest absolute Gasteiger partial charge is 0.394 e. The smallest absolute Gasteiger partial charge is 0.326 e. The molecular formula is C9H14N2O6. The quantitative estimate of drug-likeness (QED) is 0.423. The van der Waals surface area contributed by atoms with Gasteiger partial charge in [-0.25, -0.2) is 4.79 Å². The molecule has 2 aliphatic heterocycles. The van der Waals surface area contributed by atoms with Crippen molar-refractivity contribution in [3.05, 3.63) is 0 Å². The van der Waals surface area contributed by atoms with E-state index in [1.807, 2.05) is 0 Å². The number of nitrogens with one attached hydrogen (secondary N) is 1. The van der Waals surface area contributed by atoms with Gasteiger partial charge in [0.2, 0.25) is 5.91 Å². The molecule has 0 bridgehead atoms. The van der Waals surface area contributed by atoms with Crippen LogP contribution in [0.3, 0.4) is 0 Å². The highest BCUT2D eigenvalue weighted by Crippen LogP contribution is 2.25. The summed E-state index contributed by atoms with van der Waals surface area (Å²) in [6.45, 7) is -0.347. The number of aliphatic hydroxyl groups is 3. The summed E-state index contributed by atoms with van der Waals surface area (Å²) in [6, 6.07) is -0.670. The monoisotopic (exact) mass is 246 g/mol. The molecule has 2 aliphatic rings. The lowest BCUT2D eigenvalue weighted by molar-refractivity contribution is -0.125. The maximum absolute atomic E-state index is 11.5. The maximum Gasteiger partial charge on any atom is 0.326 e. The number of carbonyl (C=O) groups is 2. The van der Waals surface area contributed by atoms with Crippen molar-refractivity contribution < 1.29 is 29.6 Å². The Morgan fingerprint density at radius 3 is 2.59 bits per heavy atom. The lowest BCUT2D eigenvalue weighted by Gasteiger charge is -2.32. The zero-order valence-corrected chi connectivity index (χ0v) is 8.94. The van der Waals surface area contributed by atoms with Gasteiger partial charge in [0.05, 0.1) is 6.61 Å². The Bertz CT molecular complexity index is 335. The molecule has 8 nitrogen and oxygen atoms in total. The Labute approximate surface area is 96.8 Å². The SMILES string of the molecule is O=C1CCN([C@H]2O[C@H](CO)[C@@H](O)[C@@H]2O)C(=O)N1. The number of nitrogens with zero attached hydrogens (tertiary/aromatic N) is 1. The van der Waals surface area contributed by atoms with E-state index in [0.29, 0.717) is 0 Å². The van der Waals surface area contributed by atoms with Gasteiger partial charge in [0.1, 0.15) is 18.3 Å². The van der Waals surface area contributed by atoms with Gasteiger partial charge in [0.25, 0.3) is 0 Å². The summed E-state index contributed by atoms with van der Waals surface area (Å²) in [5.41, 5.74) is 0. The highest BCUT2D eigenvalue weighted by Gasteiger charge is 2.47. The van der Waals surface area contributed by atoms with E-state index in [0.717, 1.165) is 4.90 Å². The van der Waals surface area contributed by atoms with Crippen LogP contribution in [0.2, 0.25) is 0 Å². The summed E-state index contributed by atoms with van der Waals surface area (Å²) in [7, 11) is 0. The second-order valence-corrected chi connectivity index (χ2v) is 4.03. The van der Waals surface area contributed by atoms with Gasteiger partial charge in [-0.1, -0.05) is 0 Å². The van der Waals surface area contributed by atoms with Crippen molar-refractivity contribution in [2.45, 2.75) is 31.0 Å². The molecule has 8 heteroatoms. The number of rotatable bonds is 2. The van der Waals surface area contributed by atoms with Crippen LogP contribution in [0.1, 0.15) is 6.42 Å². The van der Waals surface area contributed by atoms with Crippen LogP contribution in [-0.4, -0.2) is 69.8 Å². The summed E-state index contributed by atoms with van der Waals surface area (Å²) in [4.78, 5) is 23.6. The fraction of sp³-hybridized carbons (Fsp3) is 0.778. The molecule has 96 valence electrons. The summed E-state index contributed by atoms with van der Waals surface area (Å²) < 4.78 is 5.18. The van der Waals surface area contributed by atoms with Crippen molar-refractivity contribution in [3.63, 3.8) is 0 Å². The van der Waals surface area contributed by atoms with Crippen LogP contribution >= 0.6 is 0 Å². The molecule has 17 heavy (non-hydrogen) atoms. The Morgan fingerprint density at radius 1 is 1.35 bits per heavy atom. The average molecular weight is 246 g/mol. The molecule has 0 spiro atoms. The molecule has 0 radical (unpaired) electrons. The highest BCUT2D eigenvalue weighted by molar-refractivity contribution is 5.96. The second-order valence-electron chi connectivity index (χ2n) is 4.03. The van der Waals surface area contributed by atoms with Crippen LogP contribution in [0, 0.1) is 0 Å². The molecule has 2 heterocycles. The van der Waals surface area contributed by atoms with Crippen molar-refractivity contribution in [1.82, 2.24) is 10.2 Å². The van der Waals surface area contributed by atoms with Crippen LogP contribution in [0.4, 0.5) is 4.79 Å². The minimum atomic E-state index is -1.30. The molecule has 4 N–H and O–H groups in total. The summed E-state index contributed by atoms with van der Waals surface area (Å²) >= 11 is 0. The van der Waals surface area contributed by atoms with E-state index in [4.69, 9.17) is 9.84 Å². The van der Waals surface area contributed by atoms with Gasteiger partial charge in [-0.15, -0.1) is 0 Å². The Kier molecular flexibility index (Phi) is 3.29. The van der Waals surface area contributed by atoms with E-state index in [-0.39, 0.29) is 13.0 Å². The molecule has 2 rings (SSSR count). The van der Waals surface area contributed by atoms with Gasteiger partial charge < -0.3 is 20.1 Å².